The smallest absolute Gasteiger partial charge is 0.365 e. The van der Waals surface area contributed by atoms with Crippen LogP contribution in [0.25, 0.3) is 11.1 Å². The Balaban J connectivity index is 1.55. The molecule has 1 aliphatic carbocycles. The maximum absolute atomic E-state index is 13.1. The number of para-hydroxylation sites is 2. The van der Waals surface area contributed by atoms with Crippen molar-refractivity contribution in [2.75, 3.05) is 12.4 Å². The van der Waals surface area contributed by atoms with E-state index >= 15 is 0 Å². The van der Waals surface area contributed by atoms with Gasteiger partial charge in [-0.1, -0.05) is 38.1 Å². The van der Waals surface area contributed by atoms with E-state index in [1.807, 2.05) is 48.5 Å². The molecule has 158 valence electrons. The molecule has 0 fully saturated rings. The fraction of sp³-hybridized carbons (Fsp3) is 0.292. The highest BCUT2D eigenvalue weighted by Gasteiger charge is 2.42. The van der Waals surface area contributed by atoms with Gasteiger partial charge in [0.15, 0.2) is 11.4 Å². The molecule has 0 amide bonds. The zero-order chi connectivity index (χ0) is 21.6. The van der Waals surface area contributed by atoms with Crippen LogP contribution in [0, 0.1) is 5.41 Å². The molecule has 0 saturated heterocycles. The standard InChI is InChI=1S/C24H24N4O3/c1-24(2)12-17-20(18(29)13-24)21(14-7-6-8-15(11-14)30-3)27-22(25-17)28-23-26-16-9-4-5-10-19(16)31-23/h4-11,21H,12-13H2,1-3H3,(H2,25,26,27,28)/p+1/t21-/m0/s1. The molecule has 7 heteroatoms. The summed E-state index contributed by atoms with van der Waals surface area (Å²) in [5.74, 6) is 1.53. The van der Waals surface area contributed by atoms with Crippen molar-refractivity contribution in [3.63, 3.8) is 0 Å². The number of nitrogens with zero attached hydrogens (tertiary/aromatic N) is 1. The molecule has 3 aromatic rings. The molecular weight excluding hydrogens is 392 g/mol. The predicted octanol–water partition coefficient (Wildman–Crippen LogP) is 2.67. The number of ketones is 1. The quantitative estimate of drug-likeness (QED) is 0.607. The van der Waals surface area contributed by atoms with Crippen LogP contribution >= 0.6 is 0 Å². The number of rotatable bonds is 3. The lowest BCUT2D eigenvalue weighted by Gasteiger charge is -2.34. The molecule has 0 radical (unpaired) electrons. The highest BCUT2D eigenvalue weighted by molar-refractivity contribution is 6.01. The van der Waals surface area contributed by atoms with E-state index in [9.17, 15) is 4.79 Å². The van der Waals surface area contributed by atoms with E-state index in [-0.39, 0.29) is 17.2 Å². The molecule has 2 aliphatic rings. The first kappa shape index (κ1) is 19.4. The van der Waals surface area contributed by atoms with Gasteiger partial charge in [0.2, 0.25) is 0 Å². The lowest BCUT2D eigenvalue weighted by atomic mass is 9.73. The summed E-state index contributed by atoms with van der Waals surface area (Å²) < 4.78 is 11.2. The summed E-state index contributed by atoms with van der Waals surface area (Å²) in [5, 5.41) is 6.60. The third-order valence-electron chi connectivity index (χ3n) is 5.73. The van der Waals surface area contributed by atoms with E-state index in [0.717, 1.165) is 34.5 Å². The van der Waals surface area contributed by atoms with E-state index in [1.165, 1.54) is 0 Å². The molecule has 0 bridgehead atoms. The molecule has 1 atom stereocenters. The number of hydrogen-bond acceptors (Lipinski definition) is 6. The van der Waals surface area contributed by atoms with Crippen LogP contribution in [0.3, 0.4) is 0 Å². The first-order valence-electron chi connectivity index (χ1n) is 10.4. The van der Waals surface area contributed by atoms with Gasteiger partial charge < -0.3 is 9.15 Å². The lowest BCUT2D eigenvalue weighted by molar-refractivity contribution is -0.502. The molecule has 0 saturated carbocycles. The summed E-state index contributed by atoms with van der Waals surface area (Å²) >= 11 is 0. The number of aromatic nitrogens is 1. The highest BCUT2D eigenvalue weighted by atomic mass is 16.5. The van der Waals surface area contributed by atoms with Gasteiger partial charge in [-0.25, -0.2) is 5.32 Å². The second kappa shape index (κ2) is 7.27. The number of methoxy groups -OCH3 is 1. The van der Waals surface area contributed by atoms with Crippen molar-refractivity contribution in [1.29, 1.82) is 0 Å². The van der Waals surface area contributed by atoms with Crippen LogP contribution in [0.1, 0.15) is 38.3 Å². The highest BCUT2D eigenvalue weighted by Crippen LogP contribution is 2.39. The molecule has 1 aromatic heterocycles. The zero-order valence-corrected chi connectivity index (χ0v) is 17.8. The number of ether oxygens (including phenoxy) is 1. The van der Waals surface area contributed by atoms with Crippen LogP contribution in [-0.4, -0.2) is 23.8 Å². The number of carbonyl (C=O) groups is 1. The summed E-state index contributed by atoms with van der Waals surface area (Å²) in [7, 11) is 1.64. The normalized spacial score (nSPS) is 20.2. The van der Waals surface area contributed by atoms with Gasteiger partial charge in [-0.05, 0) is 35.2 Å². The second-order valence-electron chi connectivity index (χ2n) is 8.80. The van der Waals surface area contributed by atoms with Gasteiger partial charge in [-0.15, -0.1) is 0 Å². The van der Waals surface area contributed by atoms with Crippen LogP contribution in [0.5, 0.6) is 5.75 Å². The molecular formula is C24H25N4O3+. The molecule has 2 aromatic carbocycles. The minimum Gasteiger partial charge on any atom is -0.497 e. The van der Waals surface area contributed by atoms with E-state index in [1.54, 1.807) is 7.11 Å². The molecule has 3 N–H and O–H groups in total. The van der Waals surface area contributed by atoms with Crippen molar-refractivity contribution in [3.05, 3.63) is 65.4 Å². The van der Waals surface area contributed by atoms with Gasteiger partial charge in [0, 0.05) is 12.8 Å². The third kappa shape index (κ3) is 3.67. The van der Waals surface area contributed by atoms with Gasteiger partial charge >= 0.3 is 12.0 Å². The Labute approximate surface area is 180 Å². The van der Waals surface area contributed by atoms with Crippen LogP contribution in [0.2, 0.25) is 0 Å². The van der Waals surface area contributed by atoms with E-state index in [2.05, 4.69) is 34.5 Å². The molecule has 7 nitrogen and oxygen atoms in total. The maximum Gasteiger partial charge on any atom is 0.365 e. The summed E-state index contributed by atoms with van der Waals surface area (Å²) in [6.45, 7) is 4.24. The van der Waals surface area contributed by atoms with E-state index < -0.39 is 0 Å². The van der Waals surface area contributed by atoms with Gasteiger partial charge in [0.05, 0.1) is 18.4 Å². The van der Waals surface area contributed by atoms with Gasteiger partial charge in [0.25, 0.3) is 0 Å². The number of Topliss-reactive ketones (excluding diaryl/α,β-unsaturated/α-hetero) is 1. The molecule has 0 unspecified atom stereocenters. The third-order valence-corrected chi connectivity index (χ3v) is 5.73. The molecule has 0 spiro atoms. The number of fused-ring (bicyclic) bond motifs is 1. The summed E-state index contributed by atoms with van der Waals surface area (Å²) in [6.07, 6.45) is 1.29. The van der Waals surface area contributed by atoms with Crippen LogP contribution < -0.4 is 20.4 Å². The SMILES string of the molecule is COc1cccc([C@@H]2[NH+]=C(Nc3nc4ccccc4o3)NC3=C2C(=O)CC(C)(C)C3)c1. The minimum atomic E-state index is -0.304. The Kier molecular flexibility index (Phi) is 4.54. The number of carbonyl (C=O) groups excluding carboxylic acids is 1. The van der Waals surface area contributed by atoms with Crippen molar-refractivity contribution in [1.82, 2.24) is 10.3 Å². The summed E-state index contributed by atoms with van der Waals surface area (Å²) in [6, 6.07) is 15.5. The Morgan fingerprint density at radius 3 is 2.84 bits per heavy atom. The first-order chi connectivity index (χ1) is 14.9. The Morgan fingerprint density at radius 2 is 2.03 bits per heavy atom. The van der Waals surface area contributed by atoms with Crippen molar-refractivity contribution in [3.8, 4) is 5.75 Å². The van der Waals surface area contributed by atoms with Gasteiger partial charge in [-0.2, -0.15) is 10.3 Å². The van der Waals surface area contributed by atoms with Gasteiger partial charge in [0.1, 0.15) is 17.3 Å². The Morgan fingerprint density at radius 1 is 1.19 bits per heavy atom. The topological polar surface area (TPSA) is 90.4 Å². The Bertz CT molecular complexity index is 1210. The van der Waals surface area contributed by atoms with Crippen molar-refractivity contribution in [2.24, 2.45) is 5.41 Å². The van der Waals surface area contributed by atoms with Crippen LogP contribution in [-0.2, 0) is 4.79 Å². The number of benzene rings is 2. The largest absolute Gasteiger partial charge is 0.497 e. The predicted molar refractivity (Wildman–Crippen MR) is 118 cm³/mol. The first-order valence-corrected chi connectivity index (χ1v) is 10.4. The number of oxazole rings is 1. The number of guanidine groups is 1. The average molecular weight is 417 g/mol. The Hall–Kier alpha value is -3.61. The summed E-state index contributed by atoms with van der Waals surface area (Å²) in [4.78, 5) is 21.1. The minimum absolute atomic E-state index is 0.109. The number of allylic oxidation sites excluding steroid dienone is 1. The van der Waals surface area contributed by atoms with Crippen LogP contribution in [0.4, 0.5) is 6.01 Å². The van der Waals surface area contributed by atoms with Crippen molar-refractivity contribution in [2.45, 2.75) is 32.7 Å². The van der Waals surface area contributed by atoms with Gasteiger partial charge in [-0.3, -0.25) is 9.79 Å². The number of nitrogens with one attached hydrogen (secondary N) is 3. The second-order valence-corrected chi connectivity index (χ2v) is 8.80. The maximum atomic E-state index is 13.1. The zero-order valence-electron chi connectivity index (χ0n) is 17.8. The molecule has 5 rings (SSSR count). The number of hydrogen-bond donors (Lipinski definition) is 3. The van der Waals surface area contributed by atoms with Crippen molar-refractivity contribution >= 4 is 28.9 Å². The fourth-order valence-electron chi connectivity index (χ4n) is 4.36. The average Bonchev–Trinajstić information content (AvgIpc) is 3.14. The fourth-order valence-corrected chi connectivity index (χ4v) is 4.36. The molecule has 1 aliphatic heterocycles. The lowest BCUT2D eigenvalue weighted by Crippen LogP contribution is -2.82. The van der Waals surface area contributed by atoms with E-state index in [4.69, 9.17) is 9.15 Å². The summed E-state index contributed by atoms with van der Waals surface area (Å²) in [5.41, 5.74) is 4.03. The monoisotopic (exact) mass is 417 g/mol. The molecule has 2 heterocycles. The van der Waals surface area contributed by atoms with Crippen LogP contribution in [0.15, 0.2) is 64.2 Å². The number of anilines is 1. The molecule has 31 heavy (non-hydrogen) atoms. The van der Waals surface area contributed by atoms with E-state index in [0.29, 0.717) is 24.0 Å². The van der Waals surface area contributed by atoms with Crippen molar-refractivity contribution < 1.29 is 18.9 Å².